The number of hydrogen-bond acceptors (Lipinski definition) is 3. The number of carbonyl (C=O) groups is 1. The molecule has 0 saturated carbocycles. The SMILES string of the molecule is Cc1ccc(C)c(NC(=O)C(C)Sc2ncc(-c3ccccc3)n2CC(F)(F)F)c1. The second kappa shape index (κ2) is 8.95. The quantitative estimate of drug-likeness (QED) is 0.496. The third-order valence-electron chi connectivity index (χ3n) is 4.53. The number of anilines is 1. The van der Waals surface area contributed by atoms with Crippen molar-refractivity contribution in [2.75, 3.05) is 5.32 Å². The molecule has 0 saturated heterocycles. The zero-order valence-electron chi connectivity index (χ0n) is 16.8. The Hall–Kier alpha value is -2.74. The molecule has 0 radical (unpaired) electrons. The van der Waals surface area contributed by atoms with E-state index in [0.717, 1.165) is 27.5 Å². The van der Waals surface area contributed by atoms with E-state index in [1.165, 1.54) is 6.20 Å². The first-order valence-corrected chi connectivity index (χ1v) is 10.2. The van der Waals surface area contributed by atoms with Crippen molar-refractivity contribution in [3.8, 4) is 11.3 Å². The van der Waals surface area contributed by atoms with Crippen LogP contribution < -0.4 is 5.32 Å². The van der Waals surface area contributed by atoms with E-state index in [2.05, 4.69) is 10.3 Å². The van der Waals surface area contributed by atoms with Gasteiger partial charge in [-0.2, -0.15) is 13.2 Å². The highest BCUT2D eigenvalue weighted by Gasteiger charge is 2.31. The second-order valence-corrected chi connectivity index (χ2v) is 8.37. The number of amides is 1. The molecule has 8 heteroatoms. The smallest absolute Gasteiger partial charge is 0.325 e. The van der Waals surface area contributed by atoms with Gasteiger partial charge in [-0.15, -0.1) is 0 Å². The Labute approximate surface area is 177 Å². The largest absolute Gasteiger partial charge is 0.406 e. The van der Waals surface area contributed by atoms with Crippen LogP contribution in [0.3, 0.4) is 0 Å². The zero-order valence-corrected chi connectivity index (χ0v) is 17.6. The van der Waals surface area contributed by atoms with Crippen molar-refractivity contribution in [2.24, 2.45) is 0 Å². The summed E-state index contributed by atoms with van der Waals surface area (Å²) in [5.74, 6) is -0.295. The fourth-order valence-electron chi connectivity index (χ4n) is 2.94. The number of aromatic nitrogens is 2. The number of thioether (sulfide) groups is 1. The average molecular weight is 433 g/mol. The number of benzene rings is 2. The summed E-state index contributed by atoms with van der Waals surface area (Å²) in [5, 5.41) is 2.37. The molecule has 2 aromatic carbocycles. The van der Waals surface area contributed by atoms with Crippen molar-refractivity contribution in [3.05, 3.63) is 65.9 Å². The van der Waals surface area contributed by atoms with Crippen LogP contribution in [-0.4, -0.2) is 26.9 Å². The minimum absolute atomic E-state index is 0.148. The Morgan fingerprint density at radius 3 is 2.53 bits per heavy atom. The summed E-state index contributed by atoms with van der Waals surface area (Å²) in [7, 11) is 0. The molecule has 0 aliphatic heterocycles. The van der Waals surface area contributed by atoms with Crippen molar-refractivity contribution in [2.45, 2.75) is 43.9 Å². The molecule has 0 aliphatic rings. The first-order chi connectivity index (χ1) is 14.1. The number of alkyl halides is 3. The van der Waals surface area contributed by atoms with E-state index >= 15 is 0 Å². The molecule has 3 rings (SSSR count). The lowest BCUT2D eigenvalue weighted by Crippen LogP contribution is -2.24. The first kappa shape index (κ1) is 22.0. The number of hydrogen-bond donors (Lipinski definition) is 1. The van der Waals surface area contributed by atoms with Crippen LogP contribution in [0.2, 0.25) is 0 Å². The van der Waals surface area contributed by atoms with Gasteiger partial charge in [0.05, 0.1) is 17.1 Å². The Balaban J connectivity index is 1.83. The molecular formula is C22H22F3N3OS. The maximum Gasteiger partial charge on any atom is 0.406 e. The third kappa shape index (κ3) is 5.44. The maximum atomic E-state index is 13.2. The summed E-state index contributed by atoms with van der Waals surface area (Å²) in [6, 6.07) is 14.5. The van der Waals surface area contributed by atoms with Crippen molar-refractivity contribution in [3.63, 3.8) is 0 Å². The first-order valence-electron chi connectivity index (χ1n) is 9.36. The lowest BCUT2D eigenvalue weighted by molar-refractivity contribution is -0.141. The normalized spacial score (nSPS) is 12.6. The fraction of sp³-hybridized carbons (Fsp3) is 0.273. The van der Waals surface area contributed by atoms with Gasteiger partial charge < -0.3 is 9.88 Å². The van der Waals surface area contributed by atoms with Gasteiger partial charge in [0.15, 0.2) is 5.16 Å². The molecule has 30 heavy (non-hydrogen) atoms. The van der Waals surface area contributed by atoms with E-state index in [4.69, 9.17) is 0 Å². The van der Waals surface area contributed by atoms with Crippen molar-refractivity contribution in [1.82, 2.24) is 9.55 Å². The molecule has 158 valence electrons. The van der Waals surface area contributed by atoms with Gasteiger partial charge in [0.25, 0.3) is 0 Å². The van der Waals surface area contributed by atoms with Crippen LogP contribution in [-0.2, 0) is 11.3 Å². The van der Waals surface area contributed by atoms with E-state index < -0.39 is 18.0 Å². The van der Waals surface area contributed by atoms with E-state index in [0.29, 0.717) is 16.9 Å². The molecule has 4 nitrogen and oxygen atoms in total. The monoisotopic (exact) mass is 433 g/mol. The van der Waals surface area contributed by atoms with Crippen LogP contribution in [0, 0.1) is 13.8 Å². The Morgan fingerprint density at radius 1 is 1.17 bits per heavy atom. The summed E-state index contributed by atoms with van der Waals surface area (Å²) in [6.45, 7) is 4.28. The highest BCUT2D eigenvalue weighted by atomic mass is 32.2. The number of imidazole rings is 1. The van der Waals surface area contributed by atoms with Crippen LogP contribution >= 0.6 is 11.8 Å². The van der Waals surface area contributed by atoms with Crippen molar-refractivity contribution in [1.29, 1.82) is 0 Å². The topological polar surface area (TPSA) is 46.9 Å². The highest BCUT2D eigenvalue weighted by molar-refractivity contribution is 8.00. The molecule has 1 atom stereocenters. The Morgan fingerprint density at radius 2 is 1.87 bits per heavy atom. The minimum Gasteiger partial charge on any atom is -0.325 e. The number of halogens is 3. The molecule has 1 unspecified atom stereocenters. The van der Waals surface area contributed by atoms with Gasteiger partial charge in [0, 0.05) is 5.69 Å². The van der Waals surface area contributed by atoms with E-state index in [9.17, 15) is 18.0 Å². The van der Waals surface area contributed by atoms with Crippen LogP contribution in [0.1, 0.15) is 18.1 Å². The van der Waals surface area contributed by atoms with Crippen LogP contribution in [0.15, 0.2) is 59.9 Å². The lowest BCUT2D eigenvalue weighted by atomic mass is 10.1. The van der Waals surface area contributed by atoms with Crippen LogP contribution in [0.4, 0.5) is 18.9 Å². The molecule has 0 spiro atoms. The molecule has 3 aromatic rings. The predicted octanol–water partition coefficient (Wildman–Crippen LogP) is 5.85. The van der Waals surface area contributed by atoms with Gasteiger partial charge in [-0.25, -0.2) is 4.98 Å². The van der Waals surface area contributed by atoms with Crippen LogP contribution in [0.5, 0.6) is 0 Å². The van der Waals surface area contributed by atoms with Gasteiger partial charge in [-0.05, 0) is 43.5 Å². The molecule has 1 amide bonds. The highest BCUT2D eigenvalue weighted by Crippen LogP contribution is 2.32. The molecule has 1 aromatic heterocycles. The Kier molecular flexibility index (Phi) is 6.55. The lowest BCUT2D eigenvalue weighted by Gasteiger charge is -2.17. The molecule has 0 fully saturated rings. The van der Waals surface area contributed by atoms with Gasteiger partial charge in [-0.1, -0.05) is 54.2 Å². The summed E-state index contributed by atoms with van der Waals surface area (Å²) in [6.07, 6.45) is -3.00. The third-order valence-corrected chi connectivity index (χ3v) is 5.63. The van der Waals surface area contributed by atoms with Gasteiger partial charge in [0.1, 0.15) is 6.54 Å². The number of nitrogens with one attached hydrogen (secondary N) is 1. The zero-order chi connectivity index (χ0) is 21.9. The second-order valence-electron chi connectivity index (χ2n) is 7.06. The molecule has 0 bridgehead atoms. The van der Waals surface area contributed by atoms with Crippen molar-refractivity contribution < 1.29 is 18.0 Å². The van der Waals surface area contributed by atoms with E-state index in [-0.39, 0.29) is 11.1 Å². The predicted molar refractivity (Wildman–Crippen MR) is 114 cm³/mol. The molecule has 1 N–H and O–H groups in total. The minimum atomic E-state index is -4.41. The Bertz CT molecular complexity index is 1030. The van der Waals surface area contributed by atoms with Gasteiger partial charge in [0.2, 0.25) is 5.91 Å². The standard InChI is InChI=1S/C22H22F3N3OS/c1-14-9-10-15(2)18(11-14)27-20(29)16(3)30-21-26-12-19(17-7-5-4-6-8-17)28(21)13-22(23,24)25/h4-12,16H,13H2,1-3H3,(H,27,29). The van der Waals surface area contributed by atoms with E-state index in [1.54, 1.807) is 37.3 Å². The van der Waals surface area contributed by atoms with Crippen LogP contribution in [0.25, 0.3) is 11.3 Å². The van der Waals surface area contributed by atoms with Gasteiger partial charge >= 0.3 is 6.18 Å². The molecule has 0 aliphatic carbocycles. The maximum absolute atomic E-state index is 13.2. The summed E-state index contributed by atoms with van der Waals surface area (Å²) < 4.78 is 40.8. The number of nitrogens with zero attached hydrogens (tertiary/aromatic N) is 2. The summed E-state index contributed by atoms with van der Waals surface area (Å²) >= 11 is 1.00. The fourth-order valence-corrected chi connectivity index (χ4v) is 3.83. The number of carbonyl (C=O) groups excluding carboxylic acids is 1. The van der Waals surface area contributed by atoms with E-state index in [1.807, 2.05) is 32.0 Å². The molecule has 1 heterocycles. The van der Waals surface area contributed by atoms with Gasteiger partial charge in [-0.3, -0.25) is 4.79 Å². The summed E-state index contributed by atoms with van der Waals surface area (Å²) in [4.78, 5) is 16.8. The summed E-state index contributed by atoms with van der Waals surface area (Å²) in [5.41, 5.74) is 3.60. The number of aryl methyl sites for hydroxylation is 2. The average Bonchev–Trinajstić information content (AvgIpc) is 3.05. The van der Waals surface area contributed by atoms with Crippen molar-refractivity contribution >= 4 is 23.4 Å². The molecular weight excluding hydrogens is 411 g/mol. The number of rotatable bonds is 6.